The molecule has 1 saturated heterocycles. The Morgan fingerprint density at radius 1 is 1.32 bits per heavy atom. The van der Waals surface area contributed by atoms with E-state index in [0.29, 0.717) is 4.83 Å². The molecule has 1 aromatic rings. The van der Waals surface area contributed by atoms with Gasteiger partial charge in [0.05, 0.1) is 11.3 Å². The van der Waals surface area contributed by atoms with Gasteiger partial charge in [0.2, 0.25) is 5.91 Å². The lowest BCUT2D eigenvalue weighted by atomic mass is 10.1. The summed E-state index contributed by atoms with van der Waals surface area (Å²) < 4.78 is 0. The van der Waals surface area contributed by atoms with Gasteiger partial charge in [-0.1, -0.05) is 46.6 Å². The van der Waals surface area contributed by atoms with Crippen molar-refractivity contribution in [2.75, 3.05) is 5.75 Å². The quantitative estimate of drug-likeness (QED) is 0.836. The molecule has 0 saturated carbocycles. The number of halogens is 1. The molecule has 3 unspecified atom stereocenters. The van der Waals surface area contributed by atoms with Crippen LogP contribution in [0.25, 0.3) is 0 Å². The highest BCUT2D eigenvalue weighted by molar-refractivity contribution is 9.09. The number of rotatable bonds is 2. The van der Waals surface area contributed by atoms with Crippen LogP contribution >= 0.6 is 27.7 Å². The third kappa shape index (κ3) is 2.84. The Kier molecular flexibility index (Phi) is 4.18. The second-order valence-electron chi connectivity index (χ2n) is 5.26. The number of benzene rings is 1. The average Bonchev–Trinajstić information content (AvgIpc) is 2.76. The van der Waals surface area contributed by atoms with Crippen LogP contribution in [0.4, 0.5) is 0 Å². The van der Waals surface area contributed by atoms with Gasteiger partial charge in [0.1, 0.15) is 0 Å². The molecule has 1 aromatic carbocycles. The predicted molar refractivity (Wildman–Crippen MR) is 83.8 cm³/mol. The molecule has 1 amide bonds. The van der Waals surface area contributed by atoms with Crippen LogP contribution in [0.5, 0.6) is 0 Å². The molecule has 0 radical (unpaired) electrons. The summed E-state index contributed by atoms with van der Waals surface area (Å²) in [4.78, 5) is 12.7. The van der Waals surface area contributed by atoms with Crippen LogP contribution in [-0.2, 0) is 11.2 Å². The Morgan fingerprint density at radius 2 is 2.16 bits per heavy atom. The minimum absolute atomic E-state index is 0.131. The van der Waals surface area contributed by atoms with Gasteiger partial charge in [0.25, 0.3) is 0 Å². The van der Waals surface area contributed by atoms with Gasteiger partial charge in [-0.15, -0.1) is 11.8 Å². The maximum atomic E-state index is 12.4. The number of hydrogen-bond acceptors (Lipinski definition) is 2. The molecule has 4 heteroatoms. The van der Waals surface area contributed by atoms with Crippen LogP contribution in [0.15, 0.2) is 24.3 Å². The minimum atomic E-state index is 0.131. The van der Waals surface area contributed by atoms with Gasteiger partial charge in [-0.3, -0.25) is 4.79 Å². The number of thioether (sulfide) groups is 1. The number of nitrogens with one attached hydrogen (secondary N) is 1. The molecule has 1 aliphatic heterocycles. The zero-order chi connectivity index (χ0) is 13.2. The van der Waals surface area contributed by atoms with E-state index in [-0.39, 0.29) is 17.2 Å². The Bertz CT molecular complexity index is 473. The van der Waals surface area contributed by atoms with Crippen molar-refractivity contribution in [3.8, 4) is 0 Å². The van der Waals surface area contributed by atoms with Gasteiger partial charge in [0.15, 0.2) is 0 Å². The van der Waals surface area contributed by atoms with E-state index in [1.54, 1.807) is 0 Å². The van der Waals surface area contributed by atoms with Crippen molar-refractivity contribution in [1.82, 2.24) is 5.32 Å². The summed E-state index contributed by atoms with van der Waals surface area (Å²) in [7, 11) is 0. The van der Waals surface area contributed by atoms with Crippen LogP contribution in [-0.4, -0.2) is 21.7 Å². The number of amides is 1. The number of carbonyl (C=O) groups excluding carboxylic acids is 1. The zero-order valence-electron chi connectivity index (χ0n) is 10.8. The third-order valence-corrected chi connectivity index (χ3v) is 6.17. The van der Waals surface area contributed by atoms with Gasteiger partial charge >= 0.3 is 0 Å². The number of alkyl halides is 1. The Labute approximate surface area is 126 Å². The molecule has 0 spiro atoms. The van der Waals surface area contributed by atoms with Crippen molar-refractivity contribution >= 4 is 33.6 Å². The summed E-state index contributed by atoms with van der Waals surface area (Å²) in [5, 5.41) is 3.40. The van der Waals surface area contributed by atoms with E-state index in [0.717, 1.165) is 18.6 Å². The first kappa shape index (κ1) is 13.5. The molecule has 102 valence electrons. The lowest BCUT2D eigenvalue weighted by Gasteiger charge is -2.24. The van der Waals surface area contributed by atoms with E-state index in [2.05, 4.69) is 45.5 Å². The van der Waals surface area contributed by atoms with Gasteiger partial charge < -0.3 is 5.32 Å². The van der Waals surface area contributed by atoms with Crippen LogP contribution < -0.4 is 5.32 Å². The standard InChI is InChI=1S/C15H18BrNOS/c16-12-9-10-5-1-2-6-11(10)14(12)17-15(18)13-7-3-4-8-19-13/h1-2,5-6,12-14H,3-4,7-9H2,(H,17,18). The highest BCUT2D eigenvalue weighted by Gasteiger charge is 2.33. The Hall–Kier alpha value is -0.480. The maximum absolute atomic E-state index is 12.4. The van der Waals surface area contributed by atoms with Crippen molar-refractivity contribution < 1.29 is 4.79 Å². The summed E-state index contributed by atoms with van der Waals surface area (Å²) >= 11 is 5.53. The van der Waals surface area contributed by atoms with Crippen molar-refractivity contribution in [3.63, 3.8) is 0 Å². The third-order valence-electron chi connectivity index (χ3n) is 3.94. The molecule has 3 rings (SSSR count). The summed E-state index contributed by atoms with van der Waals surface area (Å²) in [5.74, 6) is 1.34. The largest absolute Gasteiger partial charge is 0.347 e. The number of hydrogen-bond donors (Lipinski definition) is 1. The molecule has 0 bridgehead atoms. The average molecular weight is 340 g/mol. The molecular weight excluding hydrogens is 322 g/mol. The fourth-order valence-corrected chi connectivity index (χ4v) is 4.88. The lowest BCUT2D eigenvalue weighted by molar-refractivity contribution is -0.121. The van der Waals surface area contributed by atoms with Crippen molar-refractivity contribution in [3.05, 3.63) is 35.4 Å². The van der Waals surface area contributed by atoms with E-state index in [1.165, 1.54) is 24.0 Å². The summed E-state index contributed by atoms with van der Waals surface area (Å²) in [6.07, 6.45) is 4.46. The van der Waals surface area contributed by atoms with Crippen molar-refractivity contribution in [1.29, 1.82) is 0 Å². The van der Waals surface area contributed by atoms with Crippen LogP contribution in [0.3, 0.4) is 0 Å². The first-order valence-electron chi connectivity index (χ1n) is 6.89. The van der Waals surface area contributed by atoms with Gasteiger partial charge in [-0.2, -0.15) is 0 Å². The normalized spacial score (nSPS) is 29.8. The van der Waals surface area contributed by atoms with Gasteiger partial charge in [-0.05, 0) is 36.1 Å². The summed E-state index contributed by atoms with van der Waals surface area (Å²) in [5.41, 5.74) is 2.63. The van der Waals surface area contributed by atoms with E-state index in [4.69, 9.17) is 0 Å². The monoisotopic (exact) mass is 339 g/mol. The number of fused-ring (bicyclic) bond motifs is 1. The SMILES string of the molecule is O=C(NC1c2ccccc2CC1Br)C1CCCCS1. The smallest absolute Gasteiger partial charge is 0.233 e. The van der Waals surface area contributed by atoms with E-state index in [9.17, 15) is 4.79 Å². The molecule has 1 aliphatic carbocycles. The molecule has 2 nitrogen and oxygen atoms in total. The molecule has 19 heavy (non-hydrogen) atoms. The predicted octanol–water partition coefficient (Wildman–Crippen LogP) is 3.45. The van der Waals surface area contributed by atoms with Crippen molar-refractivity contribution in [2.24, 2.45) is 0 Å². The number of carbonyl (C=O) groups is 1. The van der Waals surface area contributed by atoms with E-state index in [1.807, 2.05) is 11.8 Å². The van der Waals surface area contributed by atoms with Crippen LogP contribution in [0.1, 0.15) is 36.4 Å². The molecule has 2 aliphatic rings. The minimum Gasteiger partial charge on any atom is -0.347 e. The van der Waals surface area contributed by atoms with Gasteiger partial charge in [0, 0.05) is 4.83 Å². The molecule has 0 aromatic heterocycles. The fraction of sp³-hybridized carbons (Fsp3) is 0.533. The molecule has 1 N–H and O–H groups in total. The lowest BCUT2D eigenvalue weighted by Crippen LogP contribution is -2.38. The molecule has 3 atom stereocenters. The summed E-state index contributed by atoms with van der Waals surface area (Å²) in [6.45, 7) is 0. The zero-order valence-corrected chi connectivity index (χ0v) is 13.2. The first-order valence-corrected chi connectivity index (χ1v) is 8.86. The second kappa shape index (κ2) is 5.88. The Morgan fingerprint density at radius 3 is 2.95 bits per heavy atom. The highest BCUT2D eigenvalue weighted by atomic mass is 79.9. The molecular formula is C15H18BrNOS. The van der Waals surface area contributed by atoms with Crippen LogP contribution in [0, 0.1) is 0 Å². The first-order chi connectivity index (χ1) is 9.25. The van der Waals surface area contributed by atoms with E-state index < -0.39 is 0 Å². The second-order valence-corrected chi connectivity index (χ2v) is 7.75. The molecule has 1 heterocycles. The Balaban J connectivity index is 1.71. The topological polar surface area (TPSA) is 29.1 Å². The highest BCUT2D eigenvalue weighted by Crippen LogP contribution is 2.36. The summed E-state index contributed by atoms with van der Waals surface area (Å²) in [6, 6.07) is 8.55. The van der Waals surface area contributed by atoms with E-state index >= 15 is 0 Å². The maximum Gasteiger partial charge on any atom is 0.233 e. The van der Waals surface area contributed by atoms with Crippen molar-refractivity contribution in [2.45, 2.75) is 41.8 Å². The van der Waals surface area contributed by atoms with Gasteiger partial charge in [-0.25, -0.2) is 0 Å². The van der Waals surface area contributed by atoms with Crippen LogP contribution in [0.2, 0.25) is 0 Å². The fourth-order valence-electron chi connectivity index (χ4n) is 2.91. The molecule has 1 fully saturated rings.